The Bertz CT molecular complexity index is 592. The van der Waals surface area contributed by atoms with Crippen LogP contribution in [0.5, 0.6) is 5.75 Å². The first-order valence-corrected chi connectivity index (χ1v) is 7.07. The molecule has 0 heterocycles. The molecule has 0 saturated heterocycles. The van der Waals surface area contributed by atoms with Gasteiger partial charge in [0, 0.05) is 19.0 Å². The highest BCUT2D eigenvalue weighted by atomic mass is 19.4. The molecular formula is C15H19F3N2O4. The minimum absolute atomic E-state index is 0.271. The quantitative estimate of drug-likeness (QED) is 0.580. The van der Waals surface area contributed by atoms with E-state index in [0.29, 0.717) is 11.3 Å². The van der Waals surface area contributed by atoms with Crippen LogP contribution in [-0.2, 0) is 20.9 Å². The van der Waals surface area contributed by atoms with Gasteiger partial charge in [-0.2, -0.15) is 13.2 Å². The molecule has 1 amide bonds. The van der Waals surface area contributed by atoms with E-state index in [1.54, 1.807) is 23.5 Å². The van der Waals surface area contributed by atoms with Crippen molar-refractivity contribution in [1.82, 2.24) is 10.6 Å². The van der Waals surface area contributed by atoms with E-state index in [2.05, 4.69) is 10.1 Å². The van der Waals surface area contributed by atoms with Gasteiger partial charge in [-0.05, 0) is 13.0 Å². The predicted octanol–water partition coefficient (Wildman–Crippen LogP) is 1.74. The van der Waals surface area contributed by atoms with Gasteiger partial charge in [0.2, 0.25) is 5.91 Å². The van der Waals surface area contributed by atoms with Crippen LogP contribution in [-0.4, -0.2) is 37.4 Å². The van der Waals surface area contributed by atoms with Crippen molar-refractivity contribution in [3.63, 3.8) is 0 Å². The number of rotatable bonds is 7. The molecule has 1 rings (SSSR count). The van der Waals surface area contributed by atoms with Crippen LogP contribution in [0.1, 0.15) is 19.4 Å². The first kappa shape index (κ1) is 19.8. The molecule has 0 aliphatic rings. The average molecular weight is 348 g/mol. The average Bonchev–Trinajstić information content (AvgIpc) is 2.50. The van der Waals surface area contributed by atoms with Crippen LogP contribution >= 0.6 is 0 Å². The van der Waals surface area contributed by atoms with Gasteiger partial charge in [-0.15, -0.1) is 0 Å². The summed E-state index contributed by atoms with van der Waals surface area (Å²) in [6, 6.07) is 6.36. The van der Waals surface area contributed by atoms with Gasteiger partial charge in [-0.1, -0.05) is 18.2 Å². The maximum absolute atomic E-state index is 13.6. The summed E-state index contributed by atoms with van der Waals surface area (Å²) in [5.74, 6) is -2.33. The lowest BCUT2D eigenvalue weighted by molar-refractivity contribution is -0.221. The molecule has 0 saturated carbocycles. The molecule has 9 heteroatoms. The largest absolute Gasteiger partial charge is 0.496 e. The number of para-hydroxylation sites is 1. The van der Waals surface area contributed by atoms with Crippen molar-refractivity contribution in [1.29, 1.82) is 0 Å². The van der Waals surface area contributed by atoms with Crippen molar-refractivity contribution >= 4 is 11.9 Å². The standard InChI is InChI=1S/C15H19F3N2O4/c1-4-24-13(22)14(15(16,17)18,20-10(2)21)19-9-11-7-5-6-8-12(11)23-3/h5-8,19H,4,9H2,1-3H3,(H,20,21)/t14-/m0/s1. The molecule has 2 N–H and O–H groups in total. The maximum atomic E-state index is 13.6. The van der Waals surface area contributed by atoms with E-state index in [-0.39, 0.29) is 13.2 Å². The van der Waals surface area contributed by atoms with E-state index in [0.717, 1.165) is 6.92 Å². The van der Waals surface area contributed by atoms with Crippen LogP contribution in [0.25, 0.3) is 0 Å². The molecule has 1 atom stereocenters. The first-order chi connectivity index (χ1) is 11.2. The van der Waals surface area contributed by atoms with E-state index >= 15 is 0 Å². The molecule has 0 unspecified atom stereocenters. The van der Waals surface area contributed by atoms with Gasteiger partial charge in [0.25, 0.3) is 5.66 Å². The van der Waals surface area contributed by atoms with Crippen LogP contribution in [0.4, 0.5) is 13.2 Å². The second-order valence-corrected chi connectivity index (χ2v) is 4.81. The fourth-order valence-electron chi connectivity index (χ4n) is 2.03. The van der Waals surface area contributed by atoms with Gasteiger partial charge < -0.3 is 14.8 Å². The molecule has 1 aromatic rings. The monoisotopic (exact) mass is 348 g/mol. The summed E-state index contributed by atoms with van der Waals surface area (Å²) in [5, 5.41) is 3.70. The summed E-state index contributed by atoms with van der Waals surface area (Å²) < 4.78 is 50.3. The number of methoxy groups -OCH3 is 1. The number of halogens is 3. The topological polar surface area (TPSA) is 76.7 Å². The van der Waals surface area contributed by atoms with Crippen molar-refractivity contribution in [2.75, 3.05) is 13.7 Å². The highest BCUT2D eigenvalue weighted by Gasteiger charge is 2.62. The zero-order chi connectivity index (χ0) is 18.4. The van der Waals surface area contributed by atoms with E-state index in [1.807, 2.05) is 0 Å². The molecule has 0 aliphatic heterocycles. The minimum Gasteiger partial charge on any atom is -0.496 e. The number of hydrogen-bond donors (Lipinski definition) is 2. The van der Waals surface area contributed by atoms with Gasteiger partial charge in [0.1, 0.15) is 5.75 Å². The summed E-state index contributed by atoms with van der Waals surface area (Å²) >= 11 is 0. The van der Waals surface area contributed by atoms with Crippen molar-refractivity contribution in [2.24, 2.45) is 0 Å². The number of hydrogen-bond acceptors (Lipinski definition) is 5. The Hall–Kier alpha value is -2.29. The Labute approximate surface area is 137 Å². The third-order valence-corrected chi connectivity index (χ3v) is 3.11. The number of benzene rings is 1. The lowest BCUT2D eigenvalue weighted by atomic mass is 10.1. The van der Waals surface area contributed by atoms with Crippen molar-refractivity contribution < 1.29 is 32.2 Å². The number of alkyl halides is 3. The van der Waals surface area contributed by atoms with Crippen molar-refractivity contribution in [3.05, 3.63) is 29.8 Å². The molecule has 0 aromatic heterocycles. The Kier molecular flexibility index (Phi) is 6.59. The van der Waals surface area contributed by atoms with Crippen LogP contribution in [0.3, 0.4) is 0 Å². The zero-order valence-corrected chi connectivity index (χ0v) is 13.5. The van der Waals surface area contributed by atoms with E-state index in [9.17, 15) is 22.8 Å². The van der Waals surface area contributed by atoms with Gasteiger partial charge >= 0.3 is 12.1 Å². The number of carbonyl (C=O) groups excluding carboxylic acids is 2. The van der Waals surface area contributed by atoms with Crippen LogP contribution in [0, 0.1) is 0 Å². The van der Waals surface area contributed by atoms with Crippen molar-refractivity contribution in [2.45, 2.75) is 32.2 Å². The minimum atomic E-state index is -5.12. The highest BCUT2D eigenvalue weighted by molar-refractivity contribution is 5.87. The third-order valence-electron chi connectivity index (χ3n) is 3.11. The van der Waals surface area contributed by atoms with Gasteiger partial charge in [0.05, 0.1) is 13.7 Å². The van der Waals surface area contributed by atoms with E-state index < -0.39 is 23.7 Å². The SMILES string of the molecule is CCOC(=O)[C@](NCc1ccccc1OC)(NC(C)=O)C(F)(F)F. The van der Waals surface area contributed by atoms with Crippen molar-refractivity contribution in [3.8, 4) is 5.75 Å². The molecule has 0 fully saturated rings. The second kappa shape index (κ2) is 8.00. The molecule has 0 bridgehead atoms. The lowest BCUT2D eigenvalue weighted by Crippen LogP contribution is -2.72. The van der Waals surface area contributed by atoms with Crippen LogP contribution < -0.4 is 15.4 Å². The van der Waals surface area contributed by atoms with Gasteiger partial charge in [-0.3, -0.25) is 10.1 Å². The van der Waals surface area contributed by atoms with Gasteiger partial charge in [-0.25, -0.2) is 4.79 Å². The first-order valence-electron chi connectivity index (χ1n) is 7.07. The van der Waals surface area contributed by atoms with Crippen LogP contribution in [0.15, 0.2) is 24.3 Å². The maximum Gasteiger partial charge on any atom is 0.436 e. The fourth-order valence-corrected chi connectivity index (χ4v) is 2.03. The summed E-state index contributed by atoms with van der Waals surface area (Å²) in [5.41, 5.74) is -2.97. The summed E-state index contributed by atoms with van der Waals surface area (Å²) in [7, 11) is 1.37. The number of carbonyl (C=O) groups is 2. The summed E-state index contributed by atoms with van der Waals surface area (Å²) in [4.78, 5) is 23.2. The van der Waals surface area contributed by atoms with E-state index in [4.69, 9.17) is 4.74 Å². The predicted molar refractivity (Wildman–Crippen MR) is 79.1 cm³/mol. The molecule has 1 aromatic carbocycles. The normalized spacial score (nSPS) is 13.8. The fraction of sp³-hybridized carbons (Fsp3) is 0.467. The smallest absolute Gasteiger partial charge is 0.436 e. The number of ether oxygens (including phenoxy) is 2. The molecule has 0 radical (unpaired) electrons. The number of nitrogens with one attached hydrogen (secondary N) is 2. The summed E-state index contributed by atoms with van der Waals surface area (Å²) in [6.45, 7) is 1.59. The van der Waals surface area contributed by atoms with E-state index in [1.165, 1.54) is 20.1 Å². The highest BCUT2D eigenvalue weighted by Crippen LogP contribution is 2.31. The molecule has 0 aliphatic carbocycles. The second-order valence-electron chi connectivity index (χ2n) is 4.81. The lowest BCUT2D eigenvalue weighted by Gasteiger charge is -2.34. The molecule has 134 valence electrons. The summed E-state index contributed by atoms with van der Waals surface area (Å²) in [6.07, 6.45) is -5.12. The number of esters is 1. The Morgan fingerprint density at radius 1 is 1.21 bits per heavy atom. The molecular weight excluding hydrogens is 329 g/mol. The zero-order valence-electron chi connectivity index (χ0n) is 13.5. The molecule has 0 spiro atoms. The Morgan fingerprint density at radius 3 is 2.33 bits per heavy atom. The molecule has 6 nitrogen and oxygen atoms in total. The van der Waals surface area contributed by atoms with Gasteiger partial charge in [0.15, 0.2) is 0 Å². The third kappa shape index (κ3) is 4.38. The van der Waals surface area contributed by atoms with Crippen LogP contribution in [0.2, 0.25) is 0 Å². The Balaban J connectivity index is 3.21. The Morgan fingerprint density at radius 2 is 1.83 bits per heavy atom. The number of amides is 1. The molecule has 24 heavy (non-hydrogen) atoms.